The molecule has 1 atom stereocenters. The highest BCUT2D eigenvalue weighted by atomic mass is 15.1. The van der Waals surface area contributed by atoms with Crippen molar-refractivity contribution in [2.24, 2.45) is 0 Å². The fourth-order valence-electron chi connectivity index (χ4n) is 1.05. The highest BCUT2D eigenvalue weighted by Gasteiger charge is 2.09. The standard InChI is InChI=1S/C9H16N2/c1-4-7-9(8-10)11(5-2)6-3/h4,7,9H,5-6H2,1-3H3/b7-4+. The molecule has 0 radical (unpaired) electrons. The van der Waals surface area contributed by atoms with E-state index in [1.165, 1.54) is 0 Å². The van der Waals surface area contributed by atoms with Crippen molar-refractivity contribution in [2.45, 2.75) is 26.8 Å². The van der Waals surface area contributed by atoms with Crippen LogP contribution in [0.3, 0.4) is 0 Å². The minimum atomic E-state index is -0.0463. The van der Waals surface area contributed by atoms with Crippen LogP contribution in [0.1, 0.15) is 20.8 Å². The van der Waals surface area contributed by atoms with Gasteiger partial charge in [0.2, 0.25) is 0 Å². The Labute approximate surface area is 69.1 Å². The minimum Gasteiger partial charge on any atom is -0.285 e. The third kappa shape index (κ3) is 3.20. The molecule has 0 aromatic rings. The molecular weight excluding hydrogens is 136 g/mol. The number of hydrogen-bond acceptors (Lipinski definition) is 2. The average Bonchev–Trinajstić information content (AvgIpc) is 2.05. The summed E-state index contributed by atoms with van der Waals surface area (Å²) in [5, 5.41) is 8.75. The summed E-state index contributed by atoms with van der Waals surface area (Å²) in [6, 6.07) is 2.20. The van der Waals surface area contributed by atoms with Crippen LogP contribution in [0, 0.1) is 11.3 Å². The van der Waals surface area contributed by atoms with Gasteiger partial charge in [-0.05, 0) is 20.0 Å². The largest absolute Gasteiger partial charge is 0.285 e. The number of allylic oxidation sites excluding steroid dienone is 1. The highest BCUT2D eigenvalue weighted by Crippen LogP contribution is 1.98. The second-order valence-electron chi connectivity index (χ2n) is 2.32. The molecule has 1 unspecified atom stereocenters. The third-order valence-corrected chi connectivity index (χ3v) is 1.71. The Kier molecular flexibility index (Phi) is 5.50. The molecule has 0 saturated heterocycles. The summed E-state index contributed by atoms with van der Waals surface area (Å²) in [5.74, 6) is 0. The smallest absolute Gasteiger partial charge is 0.116 e. The number of hydrogen-bond donors (Lipinski definition) is 0. The number of nitriles is 1. The lowest BCUT2D eigenvalue weighted by atomic mass is 10.2. The van der Waals surface area contributed by atoms with Gasteiger partial charge in [0.05, 0.1) is 6.07 Å². The van der Waals surface area contributed by atoms with Crippen LogP contribution in [-0.2, 0) is 0 Å². The van der Waals surface area contributed by atoms with E-state index in [2.05, 4.69) is 24.8 Å². The molecule has 0 amide bonds. The van der Waals surface area contributed by atoms with Gasteiger partial charge in [-0.3, -0.25) is 4.90 Å². The minimum absolute atomic E-state index is 0.0463. The molecule has 0 aliphatic heterocycles. The predicted molar refractivity (Wildman–Crippen MR) is 47.1 cm³/mol. The van der Waals surface area contributed by atoms with Gasteiger partial charge < -0.3 is 0 Å². The van der Waals surface area contributed by atoms with E-state index in [0.717, 1.165) is 13.1 Å². The first kappa shape index (κ1) is 10.2. The summed E-state index contributed by atoms with van der Waals surface area (Å²) in [6.07, 6.45) is 3.85. The van der Waals surface area contributed by atoms with Crippen LogP contribution in [0.2, 0.25) is 0 Å². The molecule has 0 aliphatic carbocycles. The molecule has 0 heterocycles. The Hall–Kier alpha value is -0.810. The molecule has 2 heteroatoms. The Morgan fingerprint density at radius 2 is 2.00 bits per heavy atom. The Morgan fingerprint density at radius 3 is 2.27 bits per heavy atom. The van der Waals surface area contributed by atoms with E-state index in [1.54, 1.807) is 0 Å². The molecule has 0 bridgehead atoms. The molecule has 62 valence electrons. The van der Waals surface area contributed by atoms with E-state index in [9.17, 15) is 0 Å². The molecule has 0 N–H and O–H groups in total. The fraction of sp³-hybridized carbons (Fsp3) is 0.667. The quantitative estimate of drug-likeness (QED) is 0.574. The summed E-state index contributed by atoms with van der Waals surface area (Å²) < 4.78 is 0. The molecule has 0 aliphatic rings. The van der Waals surface area contributed by atoms with E-state index in [-0.39, 0.29) is 6.04 Å². The van der Waals surface area contributed by atoms with Gasteiger partial charge in [0.15, 0.2) is 0 Å². The van der Waals surface area contributed by atoms with Gasteiger partial charge in [-0.2, -0.15) is 5.26 Å². The van der Waals surface area contributed by atoms with Crippen LogP contribution in [0.5, 0.6) is 0 Å². The third-order valence-electron chi connectivity index (χ3n) is 1.71. The molecule has 0 aromatic heterocycles. The van der Waals surface area contributed by atoms with Crippen molar-refractivity contribution in [3.8, 4) is 6.07 Å². The first-order valence-corrected chi connectivity index (χ1v) is 4.06. The summed E-state index contributed by atoms with van der Waals surface area (Å²) >= 11 is 0. The van der Waals surface area contributed by atoms with E-state index in [1.807, 2.05) is 19.1 Å². The first-order valence-electron chi connectivity index (χ1n) is 4.06. The Morgan fingerprint density at radius 1 is 1.45 bits per heavy atom. The summed E-state index contributed by atoms with van der Waals surface area (Å²) in [4.78, 5) is 2.11. The van der Waals surface area contributed by atoms with Crippen molar-refractivity contribution in [2.75, 3.05) is 13.1 Å². The zero-order valence-corrected chi connectivity index (χ0v) is 7.54. The van der Waals surface area contributed by atoms with Gasteiger partial charge in [0, 0.05) is 0 Å². The maximum atomic E-state index is 8.75. The molecular formula is C9H16N2. The maximum Gasteiger partial charge on any atom is 0.116 e. The van der Waals surface area contributed by atoms with Crippen LogP contribution in [0.25, 0.3) is 0 Å². The maximum absolute atomic E-state index is 8.75. The van der Waals surface area contributed by atoms with Crippen LogP contribution >= 0.6 is 0 Å². The molecule has 2 nitrogen and oxygen atoms in total. The molecule has 0 aromatic carbocycles. The van der Waals surface area contributed by atoms with E-state index < -0.39 is 0 Å². The zero-order chi connectivity index (χ0) is 8.69. The molecule has 0 spiro atoms. The van der Waals surface area contributed by atoms with Crippen molar-refractivity contribution >= 4 is 0 Å². The lowest BCUT2D eigenvalue weighted by Crippen LogP contribution is -2.32. The van der Waals surface area contributed by atoms with Crippen molar-refractivity contribution in [3.05, 3.63) is 12.2 Å². The van der Waals surface area contributed by atoms with Crippen molar-refractivity contribution < 1.29 is 0 Å². The predicted octanol–water partition coefficient (Wildman–Crippen LogP) is 1.80. The van der Waals surface area contributed by atoms with Crippen molar-refractivity contribution in [1.29, 1.82) is 5.26 Å². The molecule has 0 fully saturated rings. The van der Waals surface area contributed by atoms with E-state index in [0.29, 0.717) is 0 Å². The van der Waals surface area contributed by atoms with Crippen LogP contribution < -0.4 is 0 Å². The summed E-state index contributed by atoms with van der Waals surface area (Å²) in [6.45, 7) is 7.93. The number of likely N-dealkylation sites (N-methyl/N-ethyl adjacent to an activating group) is 1. The Bertz CT molecular complexity index is 151. The van der Waals surface area contributed by atoms with Gasteiger partial charge in [-0.1, -0.05) is 26.0 Å². The lowest BCUT2D eigenvalue weighted by Gasteiger charge is -2.20. The zero-order valence-electron chi connectivity index (χ0n) is 7.54. The summed E-state index contributed by atoms with van der Waals surface area (Å²) in [7, 11) is 0. The topological polar surface area (TPSA) is 27.0 Å². The fourth-order valence-corrected chi connectivity index (χ4v) is 1.05. The van der Waals surface area contributed by atoms with Gasteiger partial charge in [-0.25, -0.2) is 0 Å². The van der Waals surface area contributed by atoms with Crippen molar-refractivity contribution in [1.82, 2.24) is 4.90 Å². The normalized spacial score (nSPS) is 13.7. The van der Waals surface area contributed by atoms with Crippen molar-refractivity contribution in [3.63, 3.8) is 0 Å². The van der Waals surface area contributed by atoms with Crippen LogP contribution in [0.4, 0.5) is 0 Å². The average molecular weight is 152 g/mol. The van der Waals surface area contributed by atoms with E-state index >= 15 is 0 Å². The monoisotopic (exact) mass is 152 g/mol. The van der Waals surface area contributed by atoms with Gasteiger partial charge in [-0.15, -0.1) is 0 Å². The first-order chi connectivity index (χ1) is 5.29. The van der Waals surface area contributed by atoms with Crippen LogP contribution in [0.15, 0.2) is 12.2 Å². The number of rotatable bonds is 4. The molecule has 0 saturated carbocycles. The van der Waals surface area contributed by atoms with Gasteiger partial charge >= 0.3 is 0 Å². The Balaban J connectivity index is 4.12. The van der Waals surface area contributed by atoms with Crippen LogP contribution in [-0.4, -0.2) is 24.0 Å². The second kappa shape index (κ2) is 5.94. The second-order valence-corrected chi connectivity index (χ2v) is 2.32. The SMILES string of the molecule is C/C=C/C(C#N)N(CC)CC. The van der Waals surface area contributed by atoms with E-state index in [4.69, 9.17) is 5.26 Å². The van der Waals surface area contributed by atoms with Gasteiger partial charge in [0.1, 0.15) is 6.04 Å². The summed E-state index contributed by atoms with van der Waals surface area (Å²) in [5.41, 5.74) is 0. The number of nitrogens with zero attached hydrogens (tertiary/aromatic N) is 2. The molecule has 0 rings (SSSR count). The lowest BCUT2D eigenvalue weighted by molar-refractivity contribution is 0.293. The molecule has 11 heavy (non-hydrogen) atoms. The van der Waals surface area contributed by atoms with Gasteiger partial charge in [0.25, 0.3) is 0 Å². The highest BCUT2D eigenvalue weighted by molar-refractivity contribution is 5.05.